The Balaban J connectivity index is 1.84. The van der Waals surface area contributed by atoms with Gasteiger partial charge in [-0.3, -0.25) is 4.98 Å². The third kappa shape index (κ3) is 2.08. The number of methoxy groups -OCH3 is 1. The Bertz CT molecular complexity index is 387. The summed E-state index contributed by atoms with van der Waals surface area (Å²) in [6.07, 6.45) is 4.16. The molecule has 1 aromatic heterocycles. The van der Waals surface area contributed by atoms with E-state index in [0.29, 0.717) is 0 Å². The van der Waals surface area contributed by atoms with Crippen molar-refractivity contribution in [2.24, 2.45) is 0 Å². The molecule has 1 N–H and O–H groups in total. The topological polar surface area (TPSA) is 46.6 Å². The number of anilines is 1. The molecule has 2 fully saturated rings. The van der Waals surface area contributed by atoms with Crippen molar-refractivity contribution >= 4 is 5.69 Å². The van der Waals surface area contributed by atoms with Gasteiger partial charge in [0.05, 0.1) is 31.2 Å². The van der Waals surface area contributed by atoms with Crippen molar-refractivity contribution in [2.75, 3.05) is 38.2 Å². The number of ether oxygens (including phenoxy) is 2. The number of hydrogen-bond donors (Lipinski definition) is 1. The minimum absolute atomic E-state index is 0.271. The van der Waals surface area contributed by atoms with Crippen LogP contribution >= 0.6 is 0 Å². The second-order valence-electron chi connectivity index (χ2n) is 4.49. The molecule has 0 aromatic carbocycles. The first-order valence-corrected chi connectivity index (χ1v) is 5.96. The molecule has 1 aromatic rings. The summed E-state index contributed by atoms with van der Waals surface area (Å²) >= 11 is 0. The van der Waals surface area contributed by atoms with Crippen molar-refractivity contribution in [3.05, 3.63) is 18.5 Å². The highest BCUT2D eigenvalue weighted by molar-refractivity contribution is 5.57. The van der Waals surface area contributed by atoms with Gasteiger partial charge in [-0.15, -0.1) is 0 Å². The Morgan fingerprint density at radius 1 is 1.41 bits per heavy atom. The smallest absolute Gasteiger partial charge is 0.145 e. The van der Waals surface area contributed by atoms with E-state index >= 15 is 0 Å². The van der Waals surface area contributed by atoms with E-state index in [9.17, 15) is 0 Å². The van der Waals surface area contributed by atoms with Crippen LogP contribution in [0.2, 0.25) is 0 Å². The molecule has 0 amide bonds. The molecular formula is C12H17N3O2. The molecule has 2 unspecified atom stereocenters. The number of fused-ring (bicyclic) bond motifs is 2. The molecule has 0 radical (unpaired) electrons. The van der Waals surface area contributed by atoms with Gasteiger partial charge in [0.2, 0.25) is 0 Å². The van der Waals surface area contributed by atoms with Crippen LogP contribution in [0.25, 0.3) is 0 Å². The average molecular weight is 235 g/mol. The first-order valence-electron chi connectivity index (χ1n) is 5.96. The van der Waals surface area contributed by atoms with Crippen LogP contribution in [0, 0.1) is 0 Å². The summed E-state index contributed by atoms with van der Waals surface area (Å²) in [6.45, 7) is 3.64. The highest BCUT2D eigenvalue weighted by Crippen LogP contribution is 2.29. The Morgan fingerprint density at radius 3 is 2.88 bits per heavy atom. The van der Waals surface area contributed by atoms with Crippen molar-refractivity contribution in [1.82, 2.24) is 10.3 Å². The average Bonchev–Trinajstić information content (AvgIpc) is 2.38. The number of rotatable bonds is 2. The standard InChI is InChI=1S/C12H17N3O2/c1-16-12-2-3-13-6-11(12)15-7-9-4-14-5-10(8-15)17-9/h2-3,6,9-10,14H,4-5,7-8H2,1H3. The van der Waals surface area contributed by atoms with Crippen LogP contribution in [0.5, 0.6) is 5.75 Å². The Kier molecular flexibility index (Phi) is 2.86. The van der Waals surface area contributed by atoms with Gasteiger partial charge < -0.3 is 19.7 Å². The van der Waals surface area contributed by atoms with E-state index in [-0.39, 0.29) is 12.2 Å². The molecule has 0 aliphatic carbocycles. The summed E-state index contributed by atoms with van der Waals surface area (Å²) in [7, 11) is 1.70. The third-order valence-corrected chi connectivity index (χ3v) is 3.30. The minimum atomic E-state index is 0.271. The fraction of sp³-hybridized carbons (Fsp3) is 0.583. The fourth-order valence-corrected chi connectivity index (χ4v) is 2.54. The van der Waals surface area contributed by atoms with Gasteiger partial charge in [-0.2, -0.15) is 0 Å². The van der Waals surface area contributed by atoms with Crippen molar-refractivity contribution in [3.8, 4) is 5.75 Å². The van der Waals surface area contributed by atoms with Gasteiger partial charge in [0.1, 0.15) is 5.75 Å². The van der Waals surface area contributed by atoms with Crippen molar-refractivity contribution in [1.29, 1.82) is 0 Å². The maximum Gasteiger partial charge on any atom is 0.145 e. The van der Waals surface area contributed by atoms with E-state index in [1.54, 1.807) is 13.3 Å². The lowest BCUT2D eigenvalue weighted by atomic mass is 10.1. The van der Waals surface area contributed by atoms with E-state index in [1.807, 2.05) is 12.3 Å². The summed E-state index contributed by atoms with van der Waals surface area (Å²) in [6, 6.07) is 1.90. The number of morpholine rings is 2. The van der Waals surface area contributed by atoms with Gasteiger partial charge in [-0.1, -0.05) is 0 Å². The zero-order valence-electron chi connectivity index (χ0n) is 9.93. The van der Waals surface area contributed by atoms with E-state index in [0.717, 1.165) is 37.6 Å². The molecule has 0 saturated carbocycles. The summed E-state index contributed by atoms with van der Waals surface area (Å²) in [5, 5.41) is 3.39. The second-order valence-corrected chi connectivity index (χ2v) is 4.49. The summed E-state index contributed by atoms with van der Waals surface area (Å²) < 4.78 is 11.3. The zero-order chi connectivity index (χ0) is 11.7. The van der Waals surface area contributed by atoms with Gasteiger partial charge in [0, 0.05) is 38.4 Å². The number of pyridine rings is 1. The highest BCUT2D eigenvalue weighted by atomic mass is 16.5. The molecular weight excluding hydrogens is 218 g/mol. The molecule has 2 atom stereocenters. The predicted octanol–water partition coefficient (Wildman–Crippen LogP) is 0.267. The van der Waals surface area contributed by atoms with Crippen molar-refractivity contribution in [3.63, 3.8) is 0 Å². The molecule has 3 heterocycles. The van der Waals surface area contributed by atoms with E-state index in [2.05, 4.69) is 15.2 Å². The van der Waals surface area contributed by atoms with E-state index < -0.39 is 0 Å². The molecule has 5 heteroatoms. The van der Waals surface area contributed by atoms with Crippen LogP contribution in [0.3, 0.4) is 0 Å². The lowest BCUT2D eigenvalue weighted by molar-refractivity contribution is -0.0484. The van der Waals surface area contributed by atoms with Crippen LogP contribution in [-0.4, -0.2) is 50.5 Å². The van der Waals surface area contributed by atoms with Crippen LogP contribution in [-0.2, 0) is 4.74 Å². The lowest BCUT2D eigenvalue weighted by Crippen LogP contribution is -2.58. The molecule has 17 heavy (non-hydrogen) atoms. The van der Waals surface area contributed by atoms with Gasteiger partial charge in [0.25, 0.3) is 0 Å². The SMILES string of the molecule is COc1ccncc1N1CC2CNCC(C1)O2. The molecule has 2 aliphatic heterocycles. The summed E-state index contributed by atoms with van der Waals surface area (Å²) in [5.74, 6) is 0.882. The zero-order valence-corrected chi connectivity index (χ0v) is 9.93. The summed E-state index contributed by atoms with van der Waals surface area (Å²) in [4.78, 5) is 6.50. The first-order chi connectivity index (χ1) is 8.36. The maximum atomic E-state index is 5.88. The van der Waals surface area contributed by atoms with Gasteiger partial charge in [-0.05, 0) is 0 Å². The van der Waals surface area contributed by atoms with E-state index in [4.69, 9.17) is 9.47 Å². The van der Waals surface area contributed by atoms with Crippen molar-refractivity contribution in [2.45, 2.75) is 12.2 Å². The second kappa shape index (κ2) is 4.50. The van der Waals surface area contributed by atoms with Crippen LogP contribution in [0.4, 0.5) is 5.69 Å². The van der Waals surface area contributed by atoms with Crippen LogP contribution in [0.15, 0.2) is 18.5 Å². The van der Waals surface area contributed by atoms with Crippen LogP contribution < -0.4 is 15.0 Å². The molecule has 5 nitrogen and oxygen atoms in total. The molecule has 2 aliphatic rings. The number of aromatic nitrogens is 1. The third-order valence-electron chi connectivity index (χ3n) is 3.30. The fourth-order valence-electron chi connectivity index (χ4n) is 2.54. The Morgan fingerprint density at radius 2 is 2.18 bits per heavy atom. The summed E-state index contributed by atoms with van der Waals surface area (Å²) in [5.41, 5.74) is 1.07. The van der Waals surface area contributed by atoms with E-state index in [1.165, 1.54) is 0 Å². The molecule has 92 valence electrons. The van der Waals surface area contributed by atoms with Gasteiger partial charge in [-0.25, -0.2) is 0 Å². The predicted molar refractivity (Wildman–Crippen MR) is 64.5 cm³/mol. The minimum Gasteiger partial charge on any atom is -0.494 e. The normalized spacial score (nSPS) is 27.9. The largest absolute Gasteiger partial charge is 0.494 e. The van der Waals surface area contributed by atoms with Crippen molar-refractivity contribution < 1.29 is 9.47 Å². The maximum absolute atomic E-state index is 5.88. The first kappa shape index (κ1) is 10.8. The van der Waals surface area contributed by atoms with Crippen LogP contribution in [0.1, 0.15) is 0 Å². The molecule has 2 bridgehead atoms. The quantitative estimate of drug-likeness (QED) is 0.797. The number of nitrogens with one attached hydrogen (secondary N) is 1. The monoisotopic (exact) mass is 235 g/mol. The Labute approximate surface area is 101 Å². The van der Waals surface area contributed by atoms with Gasteiger partial charge in [0.15, 0.2) is 0 Å². The Hall–Kier alpha value is -1.33. The molecule has 3 rings (SSSR count). The number of nitrogens with zero attached hydrogens (tertiary/aromatic N) is 2. The highest BCUT2D eigenvalue weighted by Gasteiger charge is 2.32. The molecule has 0 spiro atoms. The van der Waals surface area contributed by atoms with Gasteiger partial charge >= 0.3 is 0 Å². The lowest BCUT2D eigenvalue weighted by Gasteiger charge is -2.42. The molecule has 2 saturated heterocycles. The number of hydrogen-bond acceptors (Lipinski definition) is 5.